The Morgan fingerprint density at radius 2 is 1.72 bits per heavy atom. The summed E-state index contributed by atoms with van der Waals surface area (Å²) < 4.78 is 0. The second-order valence-electron chi connectivity index (χ2n) is 9.86. The molecule has 10 nitrogen and oxygen atoms in total. The molecule has 0 aromatic heterocycles. The molecule has 7 N–H and O–H groups in total. The zero-order valence-electron chi connectivity index (χ0n) is 21.3. The molecule has 1 aromatic rings. The van der Waals surface area contributed by atoms with E-state index >= 15 is 0 Å². The first-order chi connectivity index (χ1) is 17.1. The number of hydrogen-bond acceptors (Lipinski definition) is 6. The zero-order chi connectivity index (χ0) is 26.7. The monoisotopic (exact) mass is 503 g/mol. The highest BCUT2D eigenvalue weighted by Gasteiger charge is 2.38. The number of rotatable bonds is 14. The second-order valence-corrected chi connectivity index (χ2v) is 9.86. The first kappa shape index (κ1) is 29.3. The van der Waals surface area contributed by atoms with Crippen LogP contribution >= 0.6 is 0 Å². The van der Waals surface area contributed by atoms with Crippen LogP contribution in [0.25, 0.3) is 0 Å². The highest BCUT2D eigenvalue weighted by Crippen LogP contribution is 2.20. The molecule has 3 amide bonds. The molecular formula is C26H41N5O5. The zero-order valence-corrected chi connectivity index (χ0v) is 21.3. The summed E-state index contributed by atoms with van der Waals surface area (Å²) in [5.74, 6) is -2.21. The van der Waals surface area contributed by atoms with Crippen LogP contribution in [0, 0.1) is 5.92 Å². The number of carbonyl (C=O) groups is 4. The summed E-state index contributed by atoms with van der Waals surface area (Å²) in [6.07, 6.45) is 3.26. The molecule has 1 aliphatic heterocycles. The smallest absolute Gasteiger partial charge is 0.326 e. The number of nitrogens with zero attached hydrogens (tertiary/aromatic N) is 1. The Bertz CT molecular complexity index is 879. The molecular weight excluding hydrogens is 462 g/mol. The van der Waals surface area contributed by atoms with Gasteiger partial charge in [-0.15, -0.1) is 0 Å². The molecule has 1 aliphatic rings. The lowest BCUT2D eigenvalue weighted by molar-refractivity contribution is -0.149. The predicted octanol–water partition coefficient (Wildman–Crippen LogP) is 0.777. The van der Waals surface area contributed by atoms with E-state index in [-0.39, 0.29) is 12.3 Å². The standard InChI is InChI=1S/C26H41N5O5/c1-17(2)15-19(28)23(32)29-20(11-6-7-13-27)24(33)30-21(16-18-9-4-3-5-10-18)25(34)31-14-8-12-22(31)26(35)36/h3-5,9-10,17,19-22H,6-8,11-16,27-28H2,1-2H3,(H,29,32)(H,30,33)(H,35,36). The number of likely N-dealkylation sites (tertiary alicyclic amines) is 1. The number of carboxylic acid groups (broad SMARTS) is 1. The van der Waals surface area contributed by atoms with Gasteiger partial charge in [-0.1, -0.05) is 44.2 Å². The van der Waals surface area contributed by atoms with Crippen molar-refractivity contribution in [3.63, 3.8) is 0 Å². The van der Waals surface area contributed by atoms with E-state index in [1.165, 1.54) is 4.90 Å². The van der Waals surface area contributed by atoms with Crippen LogP contribution in [-0.2, 0) is 25.6 Å². The van der Waals surface area contributed by atoms with Gasteiger partial charge in [-0.05, 0) is 56.6 Å². The highest BCUT2D eigenvalue weighted by atomic mass is 16.4. The summed E-state index contributed by atoms with van der Waals surface area (Å²) >= 11 is 0. The molecule has 4 unspecified atom stereocenters. The SMILES string of the molecule is CC(C)CC(N)C(=O)NC(CCCCN)C(=O)NC(Cc1ccccc1)C(=O)N1CCCC1C(=O)O. The summed E-state index contributed by atoms with van der Waals surface area (Å²) in [7, 11) is 0. The second kappa shape index (κ2) is 14.5. The van der Waals surface area contributed by atoms with Crippen molar-refractivity contribution in [2.24, 2.45) is 17.4 Å². The van der Waals surface area contributed by atoms with Gasteiger partial charge >= 0.3 is 5.97 Å². The average Bonchev–Trinajstić information content (AvgIpc) is 3.33. The number of carbonyl (C=O) groups excluding carboxylic acids is 3. The fourth-order valence-corrected chi connectivity index (χ4v) is 4.46. The van der Waals surface area contributed by atoms with E-state index in [0.29, 0.717) is 51.6 Å². The van der Waals surface area contributed by atoms with E-state index in [9.17, 15) is 24.3 Å². The van der Waals surface area contributed by atoms with E-state index in [0.717, 1.165) is 5.56 Å². The lowest BCUT2D eigenvalue weighted by Crippen LogP contribution is -2.57. The number of amides is 3. The number of unbranched alkanes of at least 4 members (excludes halogenated alkanes) is 1. The quantitative estimate of drug-likeness (QED) is 0.234. The third-order valence-corrected chi connectivity index (χ3v) is 6.36. The molecule has 1 heterocycles. The van der Waals surface area contributed by atoms with Gasteiger partial charge in [0.1, 0.15) is 18.1 Å². The fourth-order valence-electron chi connectivity index (χ4n) is 4.46. The lowest BCUT2D eigenvalue weighted by Gasteiger charge is -2.29. The van der Waals surface area contributed by atoms with Crippen molar-refractivity contribution in [2.45, 2.75) is 83.0 Å². The van der Waals surface area contributed by atoms with E-state index in [4.69, 9.17) is 11.5 Å². The Kier molecular flexibility index (Phi) is 11.8. The lowest BCUT2D eigenvalue weighted by atomic mass is 10.0. The van der Waals surface area contributed by atoms with E-state index < -0.39 is 47.9 Å². The first-order valence-corrected chi connectivity index (χ1v) is 12.8. The molecule has 0 aliphatic carbocycles. The van der Waals surface area contributed by atoms with Crippen molar-refractivity contribution >= 4 is 23.7 Å². The number of carboxylic acids is 1. The Labute approximate surface area is 213 Å². The van der Waals surface area contributed by atoms with Gasteiger partial charge in [0.25, 0.3) is 0 Å². The van der Waals surface area contributed by atoms with Crippen LogP contribution in [0.3, 0.4) is 0 Å². The van der Waals surface area contributed by atoms with Gasteiger partial charge in [0.15, 0.2) is 0 Å². The van der Waals surface area contributed by atoms with Gasteiger partial charge in [-0.3, -0.25) is 14.4 Å². The van der Waals surface area contributed by atoms with Crippen molar-refractivity contribution < 1.29 is 24.3 Å². The van der Waals surface area contributed by atoms with Crippen molar-refractivity contribution in [1.29, 1.82) is 0 Å². The van der Waals surface area contributed by atoms with Gasteiger partial charge < -0.3 is 32.1 Å². The number of aliphatic carboxylic acids is 1. The topological polar surface area (TPSA) is 168 Å². The van der Waals surface area contributed by atoms with Crippen molar-refractivity contribution in [2.75, 3.05) is 13.1 Å². The molecule has 0 bridgehead atoms. The van der Waals surface area contributed by atoms with Crippen molar-refractivity contribution in [1.82, 2.24) is 15.5 Å². The Balaban J connectivity index is 2.22. The summed E-state index contributed by atoms with van der Waals surface area (Å²) in [6.45, 7) is 4.69. The summed E-state index contributed by atoms with van der Waals surface area (Å²) in [4.78, 5) is 52.5. The molecule has 200 valence electrons. The van der Waals surface area contributed by atoms with Crippen LogP contribution in [-0.4, -0.2) is 71.0 Å². The molecule has 36 heavy (non-hydrogen) atoms. The number of nitrogens with two attached hydrogens (primary N) is 2. The number of nitrogens with one attached hydrogen (secondary N) is 2. The van der Waals surface area contributed by atoms with E-state index in [2.05, 4.69) is 10.6 Å². The van der Waals surface area contributed by atoms with Crippen LogP contribution in [0.2, 0.25) is 0 Å². The van der Waals surface area contributed by atoms with E-state index in [1.807, 2.05) is 44.2 Å². The Morgan fingerprint density at radius 1 is 1.06 bits per heavy atom. The maximum Gasteiger partial charge on any atom is 0.326 e. The molecule has 1 saturated heterocycles. The molecule has 4 atom stereocenters. The minimum Gasteiger partial charge on any atom is -0.480 e. The summed E-state index contributed by atoms with van der Waals surface area (Å²) in [6, 6.07) is 5.68. The van der Waals surface area contributed by atoms with Crippen LogP contribution in [0.4, 0.5) is 0 Å². The molecule has 1 aromatic carbocycles. The normalized spacial score (nSPS) is 17.9. The van der Waals surface area contributed by atoms with Gasteiger partial charge in [-0.2, -0.15) is 0 Å². The molecule has 0 spiro atoms. The molecule has 10 heteroatoms. The molecule has 0 saturated carbocycles. The minimum atomic E-state index is -1.06. The maximum atomic E-state index is 13.5. The van der Waals surface area contributed by atoms with Gasteiger partial charge in [0.05, 0.1) is 6.04 Å². The van der Waals surface area contributed by atoms with Crippen LogP contribution < -0.4 is 22.1 Å². The average molecular weight is 504 g/mol. The maximum absolute atomic E-state index is 13.5. The van der Waals surface area contributed by atoms with Gasteiger partial charge in [-0.25, -0.2) is 4.79 Å². The summed E-state index contributed by atoms with van der Waals surface area (Å²) in [5.41, 5.74) is 12.4. The third kappa shape index (κ3) is 8.91. The van der Waals surface area contributed by atoms with Crippen molar-refractivity contribution in [3.8, 4) is 0 Å². The minimum absolute atomic E-state index is 0.199. The van der Waals surface area contributed by atoms with Crippen LogP contribution in [0.1, 0.15) is 57.9 Å². The van der Waals surface area contributed by atoms with Gasteiger partial charge in [0.2, 0.25) is 17.7 Å². The highest BCUT2D eigenvalue weighted by molar-refractivity contribution is 5.94. The van der Waals surface area contributed by atoms with Gasteiger partial charge in [0, 0.05) is 13.0 Å². The first-order valence-electron chi connectivity index (χ1n) is 12.8. The largest absolute Gasteiger partial charge is 0.480 e. The Morgan fingerprint density at radius 3 is 2.33 bits per heavy atom. The predicted molar refractivity (Wildman–Crippen MR) is 137 cm³/mol. The fraction of sp³-hybridized carbons (Fsp3) is 0.615. The van der Waals surface area contributed by atoms with Crippen LogP contribution in [0.15, 0.2) is 30.3 Å². The molecule has 2 rings (SSSR count). The third-order valence-electron chi connectivity index (χ3n) is 6.36. The number of hydrogen-bond donors (Lipinski definition) is 5. The van der Waals surface area contributed by atoms with E-state index in [1.54, 1.807) is 0 Å². The Hall–Kier alpha value is -2.98. The summed E-state index contributed by atoms with van der Waals surface area (Å²) in [5, 5.41) is 15.1. The molecule has 1 fully saturated rings. The van der Waals surface area contributed by atoms with Crippen LogP contribution in [0.5, 0.6) is 0 Å². The molecule has 0 radical (unpaired) electrons. The van der Waals surface area contributed by atoms with Crippen molar-refractivity contribution in [3.05, 3.63) is 35.9 Å². The number of benzene rings is 1.